The van der Waals surface area contributed by atoms with Crippen molar-refractivity contribution < 1.29 is 9.53 Å². The average Bonchev–Trinajstić information content (AvgIpc) is 2.40. The third kappa shape index (κ3) is 4.23. The van der Waals surface area contributed by atoms with Crippen molar-refractivity contribution in [2.75, 3.05) is 17.7 Å². The molecule has 0 aromatic heterocycles. The summed E-state index contributed by atoms with van der Waals surface area (Å²) in [4.78, 5) is 12.0. The number of aryl methyl sites for hydroxylation is 2. The summed E-state index contributed by atoms with van der Waals surface area (Å²) in [6, 6.07) is 11.1. The first kappa shape index (κ1) is 15.4. The molecule has 0 aliphatic heterocycles. The smallest absolute Gasteiger partial charge is 0.262 e. The molecule has 110 valence electrons. The number of halogens is 1. The van der Waals surface area contributed by atoms with E-state index in [0.717, 1.165) is 15.6 Å². The molecule has 0 atom stereocenters. The lowest BCUT2D eigenvalue weighted by Gasteiger charge is -2.12. The van der Waals surface area contributed by atoms with E-state index in [9.17, 15) is 4.79 Å². The Morgan fingerprint density at radius 3 is 2.71 bits per heavy atom. The van der Waals surface area contributed by atoms with Gasteiger partial charge in [0.1, 0.15) is 5.75 Å². The van der Waals surface area contributed by atoms with Crippen molar-refractivity contribution in [3.8, 4) is 5.75 Å². The summed E-state index contributed by atoms with van der Waals surface area (Å²) in [6.07, 6.45) is 0. The quantitative estimate of drug-likeness (QED) is 0.828. The molecule has 0 saturated heterocycles. The van der Waals surface area contributed by atoms with E-state index in [1.165, 1.54) is 0 Å². The molecule has 2 aromatic carbocycles. The van der Waals surface area contributed by atoms with Crippen molar-refractivity contribution in [1.29, 1.82) is 0 Å². The van der Waals surface area contributed by atoms with Crippen LogP contribution in [0.4, 0.5) is 11.4 Å². The fourth-order valence-corrected chi connectivity index (χ4v) is 2.63. The van der Waals surface area contributed by atoms with Gasteiger partial charge >= 0.3 is 0 Å². The number of amides is 1. The fourth-order valence-electron chi connectivity index (χ4n) is 1.96. The molecule has 0 bridgehead atoms. The van der Waals surface area contributed by atoms with Gasteiger partial charge in [0.2, 0.25) is 0 Å². The minimum Gasteiger partial charge on any atom is -0.484 e. The fraction of sp³-hybridized carbons (Fsp3) is 0.188. The van der Waals surface area contributed by atoms with Crippen LogP contribution in [0.5, 0.6) is 5.75 Å². The molecule has 2 rings (SSSR count). The Balaban J connectivity index is 1.99. The Morgan fingerprint density at radius 2 is 2.05 bits per heavy atom. The van der Waals surface area contributed by atoms with Gasteiger partial charge in [-0.15, -0.1) is 0 Å². The van der Waals surface area contributed by atoms with Crippen LogP contribution in [0.15, 0.2) is 40.9 Å². The van der Waals surface area contributed by atoms with E-state index in [-0.39, 0.29) is 12.5 Å². The first-order valence-corrected chi connectivity index (χ1v) is 7.30. The summed E-state index contributed by atoms with van der Waals surface area (Å²) in [5.41, 5.74) is 9.08. The van der Waals surface area contributed by atoms with Gasteiger partial charge in [-0.25, -0.2) is 0 Å². The molecule has 3 N–H and O–H groups in total. The summed E-state index contributed by atoms with van der Waals surface area (Å²) in [6.45, 7) is 3.82. The number of carbonyl (C=O) groups is 1. The molecule has 0 unspecified atom stereocenters. The molecule has 0 radical (unpaired) electrons. The summed E-state index contributed by atoms with van der Waals surface area (Å²) in [5, 5.41) is 2.82. The van der Waals surface area contributed by atoms with E-state index < -0.39 is 0 Å². The van der Waals surface area contributed by atoms with E-state index in [0.29, 0.717) is 17.1 Å². The molecule has 0 fully saturated rings. The van der Waals surface area contributed by atoms with Crippen LogP contribution in [0, 0.1) is 13.8 Å². The number of carbonyl (C=O) groups excluding carboxylic acids is 1. The minimum absolute atomic E-state index is 0.0420. The Hall–Kier alpha value is -2.01. The van der Waals surface area contributed by atoms with E-state index in [1.54, 1.807) is 6.07 Å². The molecule has 4 nitrogen and oxygen atoms in total. The molecular formula is C16H17BrN2O2. The maximum absolute atomic E-state index is 12.0. The van der Waals surface area contributed by atoms with Gasteiger partial charge in [-0.05, 0) is 65.2 Å². The number of nitrogen functional groups attached to an aromatic ring is 1. The number of anilines is 2. The number of benzene rings is 2. The normalized spacial score (nSPS) is 10.2. The van der Waals surface area contributed by atoms with Gasteiger partial charge in [-0.2, -0.15) is 0 Å². The second-order valence-electron chi connectivity index (χ2n) is 4.85. The molecule has 5 heteroatoms. The van der Waals surface area contributed by atoms with Gasteiger partial charge in [-0.3, -0.25) is 4.79 Å². The van der Waals surface area contributed by atoms with E-state index >= 15 is 0 Å². The molecule has 0 spiro atoms. The Labute approximate surface area is 132 Å². The molecule has 0 aliphatic carbocycles. The highest BCUT2D eigenvalue weighted by atomic mass is 79.9. The third-order valence-electron chi connectivity index (χ3n) is 2.93. The number of hydrogen-bond acceptors (Lipinski definition) is 3. The van der Waals surface area contributed by atoms with Crippen molar-refractivity contribution in [3.05, 3.63) is 52.0 Å². The zero-order chi connectivity index (χ0) is 15.4. The lowest BCUT2D eigenvalue weighted by atomic mass is 10.2. The maximum atomic E-state index is 12.0. The predicted octanol–water partition coefficient (Wildman–Crippen LogP) is 3.67. The Kier molecular flexibility index (Phi) is 4.85. The topological polar surface area (TPSA) is 64.3 Å². The monoisotopic (exact) mass is 348 g/mol. The number of nitrogens with two attached hydrogens (primary N) is 1. The summed E-state index contributed by atoms with van der Waals surface area (Å²) < 4.78 is 6.23. The third-order valence-corrected chi connectivity index (χ3v) is 3.56. The van der Waals surface area contributed by atoms with Crippen LogP contribution in [0.1, 0.15) is 11.1 Å². The summed E-state index contributed by atoms with van der Waals surface area (Å²) >= 11 is 3.40. The van der Waals surface area contributed by atoms with Crippen LogP contribution in [0.25, 0.3) is 0 Å². The van der Waals surface area contributed by atoms with Crippen LogP contribution < -0.4 is 15.8 Å². The molecule has 21 heavy (non-hydrogen) atoms. The highest BCUT2D eigenvalue weighted by molar-refractivity contribution is 9.10. The van der Waals surface area contributed by atoms with Crippen LogP contribution in [0.3, 0.4) is 0 Å². The number of hydrogen-bond donors (Lipinski definition) is 2. The maximum Gasteiger partial charge on any atom is 0.262 e. The minimum atomic E-state index is -0.218. The van der Waals surface area contributed by atoms with Gasteiger partial charge < -0.3 is 15.8 Å². The standard InChI is InChI=1S/C16H17BrN2O2/c1-10-4-3-5-13(6-10)21-9-15(20)19-16-11(2)7-12(18)8-14(16)17/h3-8H,9,18H2,1-2H3,(H,19,20). The zero-order valence-corrected chi connectivity index (χ0v) is 13.5. The van der Waals surface area contributed by atoms with Crippen LogP contribution in [-0.4, -0.2) is 12.5 Å². The molecule has 0 heterocycles. The highest BCUT2D eigenvalue weighted by Gasteiger charge is 2.10. The first-order valence-electron chi connectivity index (χ1n) is 6.50. The van der Waals surface area contributed by atoms with Crippen molar-refractivity contribution in [2.24, 2.45) is 0 Å². The van der Waals surface area contributed by atoms with Gasteiger partial charge in [0.05, 0.1) is 5.69 Å². The Morgan fingerprint density at radius 1 is 1.29 bits per heavy atom. The average molecular weight is 349 g/mol. The number of ether oxygens (including phenoxy) is 1. The zero-order valence-electron chi connectivity index (χ0n) is 11.9. The second-order valence-corrected chi connectivity index (χ2v) is 5.70. The molecular weight excluding hydrogens is 332 g/mol. The van der Waals surface area contributed by atoms with Crippen molar-refractivity contribution in [1.82, 2.24) is 0 Å². The van der Waals surface area contributed by atoms with Crippen LogP contribution in [-0.2, 0) is 4.79 Å². The molecule has 2 aromatic rings. The van der Waals surface area contributed by atoms with Gasteiger partial charge in [0.25, 0.3) is 5.91 Å². The largest absolute Gasteiger partial charge is 0.484 e. The van der Waals surface area contributed by atoms with E-state index in [4.69, 9.17) is 10.5 Å². The highest BCUT2D eigenvalue weighted by Crippen LogP contribution is 2.28. The lowest BCUT2D eigenvalue weighted by molar-refractivity contribution is -0.118. The second kappa shape index (κ2) is 6.63. The molecule has 1 amide bonds. The first-order chi connectivity index (χ1) is 9.95. The lowest BCUT2D eigenvalue weighted by Crippen LogP contribution is -2.21. The van der Waals surface area contributed by atoms with Crippen LogP contribution >= 0.6 is 15.9 Å². The van der Waals surface area contributed by atoms with Gasteiger partial charge in [0, 0.05) is 10.2 Å². The van der Waals surface area contributed by atoms with Gasteiger partial charge in [-0.1, -0.05) is 12.1 Å². The van der Waals surface area contributed by atoms with Crippen LogP contribution in [0.2, 0.25) is 0 Å². The van der Waals surface area contributed by atoms with Crippen molar-refractivity contribution >= 4 is 33.2 Å². The summed E-state index contributed by atoms with van der Waals surface area (Å²) in [7, 11) is 0. The molecule has 0 saturated carbocycles. The summed E-state index contributed by atoms with van der Waals surface area (Å²) in [5.74, 6) is 0.461. The van der Waals surface area contributed by atoms with E-state index in [1.807, 2.05) is 44.2 Å². The number of rotatable bonds is 4. The van der Waals surface area contributed by atoms with Crippen molar-refractivity contribution in [2.45, 2.75) is 13.8 Å². The van der Waals surface area contributed by atoms with E-state index in [2.05, 4.69) is 21.2 Å². The Bertz CT molecular complexity index is 648. The van der Waals surface area contributed by atoms with Crippen molar-refractivity contribution in [3.63, 3.8) is 0 Å². The molecule has 0 aliphatic rings. The van der Waals surface area contributed by atoms with Gasteiger partial charge in [0.15, 0.2) is 6.61 Å². The predicted molar refractivity (Wildman–Crippen MR) is 88.6 cm³/mol. The number of nitrogens with one attached hydrogen (secondary N) is 1. The SMILES string of the molecule is Cc1cccc(OCC(=O)Nc2c(C)cc(N)cc2Br)c1.